The van der Waals surface area contributed by atoms with E-state index >= 15 is 0 Å². The van der Waals surface area contributed by atoms with Crippen molar-refractivity contribution in [2.24, 2.45) is 0 Å². The Morgan fingerprint density at radius 3 is 1.59 bits per heavy atom. The van der Waals surface area contributed by atoms with Gasteiger partial charge in [-0.3, -0.25) is 0 Å². The van der Waals surface area contributed by atoms with E-state index in [4.69, 9.17) is 11.5 Å². The van der Waals surface area contributed by atoms with Crippen LogP contribution in [-0.2, 0) is 0 Å². The Kier molecular flexibility index (Phi) is 2.07. The van der Waals surface area contributed by atoms with Gasteiger partial charge in [0, 0.05) is 31.5 Å². The van der Waals surface area contributed by atoms with Crippen LogP contribution in [0.3, 0.4) is 0 Å². The van der Waals surface area contributed by atoms with Gasteiger partial charge in [0.2, 0.25) is 0 Å². The number of anilines is 2. The van der Waals surface area contributed by atoms with Gasteiger partial charge >= 0.3 is 0 Å². The molecule has 3 heteroatoms. The Morgan fingerprint density at radius 2 is 1.18 bits per heavy atom. The Morgan fingerprint density at radius 1 is 0.765 bits per heavy atom. The molecule has 0 atom stereocenters. The van der Waals surface area contributed by atoms with Gasteiger partial charge in [0.25, 0.3) is 0 Å². The van der Waals surface area contributed by atoms with Gasteiger partial charge in [0.15, 0.2) is 0 Å². The highest BCUT2D eigenvalue weighted by molar-refractivity contribution is 7.26. The third-order valence-corrected chi connectivity index (χ3v) is 4.85. The standard InChI is InChI=1S/C14H14N2S/c1-7-11(15)5-3-9-10-4-6-12(16)8(2)14(10)17-13(7)9/h3-6H,15-16H2,1-2H3. The first kappa shape index (κ1) is 10.4. The van der Waals surface area contributed by atoms with Gasteiger partial charge in [-0.25, -0.2) is 0 Å². The number of nitrogens with two attached hydrogens (primary N) is 2. The molecule has 3 aromatic rings. The van der Waals surface area contributed by atoms with Gasteiger partial charge in [-0.05, 0) is 37.1 Å². The van der Waals surface area contributed by atoms with Crippen molar-refractivity contribution in [2.75, 3.05) is 11.5 Å². The molecule has 4 N–H and O–H groups in total. The summed E-state index contributed by atoms with van der Waals surface area (Å²) < 4.78 is 2.54. The minimum atomic E-state index is 0.856. The van der Waals surface area contributed by atoms with E-state index in [2.05, 4.69) is 26.0 Å². The second-order valence-electron chi connectivity index (χ2n) is 4.42. The van der Waals surface area contributed by atoms with Crippen LogP contribution in [0.15, 0.2) is 24.3 Å². The number of hydrogen-bond donors (Lipinski definition) is 2. The van der Waals surface area contributed by atoms with E-state index in [1.54, 1.807) is 11.3 Å². The van der Waals surface area contributed by atoms with E-state index in [9.17, 15) is 0 Å². The first-order valence-electron chi connectivity index (χ1n) is 5.56. The van der Waals surface area contributed by atoms with Crippen LogP contribution in [0.4, 0.5) is 11.4 Å². The summed E-state index contributed by atoms with van der Waals surface area (Å²) in [7, 11) is 0. The second-order valence-corrected chi connectivity index (χ2v) is 5.44. The maximum Gasteiger partial charge on any atom is 0.0405 e. The number of fused-ring (bicyclic) bond motifs is 3. The van der Waals surface area contributed by atoms with Crippen LogP contribution in [0.5, 0.6) is 0 Å². The number of benzene rings is 2. The quantitative estimate of drug-likeness (QED) is 0.588. The fourth-order valence-electron chi connectivity index (χ4n) is 2.20. The molecule has 17 heavy (non-hydrogen) atoms. The summed E-state index contributed by atoms with van der Waals surface area (Å²) in [6.45, 7) is 4.15. The summed E-state index contributed by atoms with van der Waals surface area (Å²) in [6.07, 6.45) is 0. The zero-order chi connectivity index (χ0) is 12.2. The minimum Gasteiger partial charge on any atom is -0.398 e. The molecule has 0 fully saturated rings. The van der Waals surface area contributed by atoms with Crippen LogP contribution >= 0.6 is 11.3 Å². The summed E-state index contributed by atoms with van der Waals surface area (Å²) in [5.74, 6) is 0. The first-order chi connectivity index (χ1) is 8.09. The summed E-state index contributed by atoms with van der Waals surface area (Å²) >= 11 is 1.78. The van der Waals surface area contributed by atoms with Crippen LogP contribution < -0.4 is 11.5 Å². The van der Waals surface area contributed by atoms with Crippen LogP contribution in [0, 0.1) is 13.8 Å². The van der Waals surface area contributed by atoms with E-state index < -0.39 is 0 Å². The lowest BCUT2D eigenvalue weighted by atomic mass is 10.1. The molecule has 2 aromatic carbocycles. The molecule has 3 rings (SSSR count). The molecule has 0 aliphatic rings. The van der Waals surface area contributed by atoms with Crippen molar-refractivity contribution in [3.05, 3.63) is 35.4 Å². The highest BCUT2D eigenvalue weighted by Crippen LogP contribution is 2.40. The van der Waals surface area contributed by atoms with E-state index in [-0.39, 0.29) is 0 Å². The molecular formula is C14H14N2S. The molecule has 0 amide bonds. The summed E-state index contributed by atoms with van der Waals surface area (Å²) in [4.78, 5) is 0. The Hall–Kier alpha value is -1.74. The molecule has 86 valence electrons. The molecule has 0 radical (unpaired) electrons. The molecule has 0 saturated heterocycles. The third kappa shape index (κ3) is 1.32. The average molecular weight is 242 g/mol. The fraction of sp³-hybridized carbons (Fsp3) is 0.143. The van der Waals surface area contributed by atoms with Gasteiger partial charge < -0.3 is 11.5 Å². The van der Waals surface area contributed by atoms with Crippen LogP contribution in [-0.4, -0.2) is 0 Å². The van der Waals surface area contributed by atoms with E-state index in [1.807, 2.05) is 12.1 Å². The van der Waals surface area contributed by atoms with Crippen molar-refractivity contribution in [3.63, 3.8) is 0 Å². The summed E-state index contributed by atoms with van der Waals surface area (Å²) in [5.41, 5.74) is 16.0. The average Bonchev–Trinajstić information content (AvgIpc) is 2.69. The van der Waals surface area contributed by atoms with Gasteiger partial charge in [-0.15, -0.1) is 11.3 Å². The molecular weight excluding hydrogens is 228 g/mol. The molecule has 0 spiro atoms. The maximum atomic E-state index is 5.96. The van der Waals surface area contributed by atoms with E-state index in [0.29, 0.717) is 0 Å². The van der Waals surface area contributed by atoms with Crippen molar-refractivity contribution in [2.45, 2.75) is 13.8 Å². The number of nitrogen functional groups attached to an aromatic ring is 2. The molecule has 0 unspecified atom stereocenters. The number of rotatable bonds is 0. The highest BCUT2D eigenvalue weighted by Gasteiger charge is 2.11. The zero-order valence-corrected chi connectivity index (χ0v) is 10.7. The minimum absolute atomic E-state index is 0.856. The van der Waals surface area contributed by atoms with Crippen molar-refractivity contribution in [3.8, 4) is 0 Å². The number of thiophene rings is 1. The summed E-state index contributed by atoms with van der Waals surface area (Å²) in [5, 5.41) is 2.56. The summed E-state index contributed by atoms with van der Waals surface area (Å²) in [6, 6.07) is 8.17. The number of hydrogen-bond acceptors (Lipinski definition) is 3. The Bertz CT molecular complexity index is 679. The number of aryl methyl sites for hydroxylation is 2. The highest BCUT2D eigenvalue weighted by atomic mass is 32.1. The van der Waals surface area contributed by atoms with Gasteiger partial charge in [-0.1, -0.05) is 12.1 Å². The van der Waals surface area contributed by atoms with Gasteiger partial charge in [0.1, 0.15) is 0 Å². The van der Waals surface area contributed by atoms with Crippen LogP contribution in [0.25, 0.3) is 20.2 Å². The predicted molar refractivity (Wildman–Crippen MR) is 77.6 cm³/mol. The normalized spacial score (nSPS) is 11.4. The Balaban J connectivity index is 2.58. The fourth-order valence-corrected chi connectivity index (χ4v) is 3.53. The van der Waals surface area contributed by atoms with Crippen molar-refractivity contribution in [1.82, 2.24) is 0 Å². The largest absolute Gasteiger partial charge is 0.398 e. The smallest absolute Gasteiger partial charge is 0.0405 e. The van der Waals surface area contributed by atoms with Crippen LogP contribution in [0.2, 0.25) is 0 Å². The first-order valence-corrected chi connectivity index (χ1v) is 6.37. The molecule has 1 heterocycles. The van der Waals surface area contributed by atoms with Crippen molar-refractivity contribution >= 4 is 42.9 Å². The SMILES string of the molecule is Cc1c(N)ccc2c1sc1c(C)c(N)ccc12. The second kappa shape index (κ2) is 3.37. The topological polar surface area (TPSA) is 52.0 Å². The monoisotopic (exact) mass is 242 g/mol. The molecule has 0 aliphatic carbocycles. The Labute approximate surface area is 104 Å². The molecule has 0 saturated carbocycles. The maximum absolute atomic E-state index is 5.96. The lowest BCUT2D eigenvalue weighted by molar-refractivity contribution is 1.55. The van der Waals surface area contributed by atoms with Gasteiger partial charge in [0.05, 0.1) is 0 Å². The lowest BCUT2D eigenvalue weighted by Crippen LogP contribution is -1.88. The van der Waals surface area contributed by atoms with Gasteiger partial charge in [-0.2, -0.15) is 0 Å². The lowest BCUT2D eigenvalue weighted by Gasteiger charge is -2.01. The zero-order valence-electron chi connectivity index (χ0n) is 9.87. The van der Waals surface area contributed by atoms with E-state index in [0.717, 1.165) is 11.4 Å². The van der Waals surface area contributed by atoms with E-state index in [1.165, 1.54) is 31.3 Å². The van der Waals surface area contributed by atoms with Crippen molar-refractivity contribution < 1.29 is 0 Å². The molecule has 0 bridgehead atoms. The van der Waals surface area contributed by atoms with Crippen LogP contribution in [0.1, 0.15) is 11.1 Å². The molecule has 1 aromatic heterocycles. The third-order valence-electron chi connectivity index (χ3n) is 3.39. The van der Waals surface area contributed by atoms with Crippen molar-refractivity contribution in [1.29, 1.82) is 0 Å². The molecule has 2 nitrogen and oxygen atoms in total. The predicted octanol–water partition coefficient (Wildman–Crippen LogP) is 3.84. The molecule has 0 aliphatic heterocycles.